The van der Waals surface area contributed by atoms with E-state index in [0.717, 1.165) is 14.9 Å². The van der Waals surface area contributed by atoms with Crippen LogP contribution in [0.25, 0.3) is 0 Å². The number of amides is 1. The van der Waals surface area contributed by atoms with E-state index in [2.05, 4.69) is 21.2 Å². The van der Waals surface area contributed by atoms with Crippen LogP contribution in [0.4, 0.5) is 0 Å². The molecule has 0 unspecified atom stereocenters. The molecular formula is C12H10BrNOS. The van der Waals surface area contributed by atoms with Crippen LogP contribution in [-0.2, 0) is 6.54 Å². The van der Waals surface area contributed by atoms with Crippen molar-refractivity contribution in [2.75, 3.05) is 0 Å². The quantitative estimate of drug-likeness (QED) is 0.923. The molecule has 0 saturated heterocycles. The van der Waals surface area contributed by atoms with E-state index in [4.69, 9.17) is 0 Å². The molecule has 1 heterocycles. The topological polar surface area (TPSA) is 29.1 Å². The fourth-order valence-corrected chi connectivity index (χ4v) is 2.41. The first-order chi connectivity index (χ1) is 7.75. The van der Waals surface area contributed by atoms with E-state index in [-0.39, 0.29) is 5.91 Å². The molecule has 0 fully saturated rings. The second-order valence-corrected chi connectivity index (χ2v) is 5.15. The lowest BCUT2D eigenvalue weighted by molar-refractivity contribution is 0.0955. The summed E-state index contributed by atoms with van der Waals surface area (Å²) in [6.45, 7) is 0.552. The van der Waals surface area contributed by atoms with E-state index < -0.39 is 0 Å². The fraction of sp³-hybridized carbons (Fsp3) is 0.0833. The molecule has 0 spiro atoms. The smallest absolute Gasteiger partial charge is 0.261 e. The van der Waals surface area contributed by atoms with Gasteiger partial charge in [0.1, 0.15) is 0 Å². The summed E-state index contributed by atoms with van der Waals surface area (Å²) in [5.74, 6) is -0.0185. The van der Waals surface area contributed by atoms with E-state index in [9.17, 15) is 4.79 Å². The van der Waals surface area contributed by atoms with Crippen LogP contribution >= 0.6 is 27.3 Å². The second-order valence-electron chi connectivity index (χ2n) is 3.29. The van der Waals surface area contributed by atoms with Gasteiger partial charge in [-0.1, -0.05) is 34.1 Å². The van der Waals surface area contributed by atoms with Crippen LogP contribution < -0.4 is 5.32 Å². The highest BCUT2D eigenvalue weighted by Crippen LogP contribution is 2.12. The Labute approximate surface area is 106 Å². The maximum absolute atomic E-state index is 11.7. The molecule has 1 aromatic heterocycles. The summed E-state index contributed by atoms with van der Waals surface area (Å²) in [5, 5.41) is 4.78. The molecule has 0 saturated carbocycles. The van der Waals surface area contributed by atoms with Crippen LogP contribution in [0.5, 0.6) is 0 Å². The van der Waals surface area contributed by atoms with Gasteiger partial charge >= 0.3 is 0 Å². The second kappa shape index (κ2) is 5.27. The van der Waals surface area contributed by atoms with Gasteiger partial charge in [-0.05, 0) is 29.1 Å². The summed E-state index contributed by atoms with van der Waals surface area (Å²) in [4.78, 5) is 12.4. The van der Waals surface area contributed by atoms with Gasteiger partial charge in [0, 0.05) is 11.0 Å². The molecule has 0 aliphatic carbocycles. The molecule has 1 aromatic carbocycles. The molecule has 2 rings (SSSR count). The third-order valence-corrected chi connectivity index (χ3v) is 3.45. The standard InChI is InChI=1S/C12H10BrNOS/c13-10-4-1-3-9(7-10)8-14-12(15)11-5-2-6-16-11/h1-7H,8H2,(H,14,15). The van der Waals surface area contributed by atoms with Crippen molar-refractivity contribution >= 4 is 33.2 Å². The first-order valence-corrected chi connectivity index (χ1v) is 6.49. The number of carbonyl (C=O) groups is 1. The van der Waals surface area contributed by atoms with Crippen molar-refractivity contribution in [3.8, 4) is 0 Å². The van der Waals surface area contributed by atoms with Gasteiger partial charge in [0.05, 0.1) is 4.88 Å². The number of nitrogens with one attached hydrogen (secondary N) is 1. The van der Waals surface area contributed by atoms with Crippen molar-refractivity contribution in [2.24, 2.45) is 0 Å². The SMILES string of the molecule is O=C(NCc1cccc(Br)c1)c1cccs1. The Hall–Kier alpha value is -1.13. The van der Waals surface area contributed by atoms with Gasteiger partial charge in [-0.25, -0.2) is 0 Å². The Kier molecular flexibility index (Phi) is 3.74. The van der Waals surface area contributed by atoms with Gasteiger partial charge in [-0.2, -0.15) is 0 Å². The average molecular weight is 296 g/mol. The molecule has 0 bridgehead atoms. The van der Waals surface area contributed by atoms with E-state index in [1.165, 1.54) is 11.3 Å². The Balaban J connectivity index is 1.95. The summed E-state index contributed by atoms with van der Waals surface area (Å²) >= 11 is 4.85. The molecule has 1 N–H and O–H groups in total. The minimum absolute atomic E-state index is 0.0185. The van der Waals surface area contributed by atoms with Crippen molar-refractivity contribution in [1.82, 2.24) is 5.32 Å². The molecule has 2 aromatic rings. The molecule has 1 amide bonds. The molecule has 16 heavy (non-hydrogen) atoms. The van der Waals surface area contributed by atoms with Crippen LogP contribution in [0.3, 0.4) is 0 Å². The van der Waals surface area contributed by atoms with Crippen molar-refractivity contribution in [3.05, 3.63) is 56.7 Å². The Bertz CT molecular complexity index is 482. The third kappa shape index (κ3) is 2.93. The lowest BCUT2D eigenvalue weighted by Gasteiger charge is -2.04. The number of hydrogen-bond donors (Lipinski definition) is 1. The highest BCUT2D eigenvalue weighted by atomic mass is 79.9. The van der Waals surface area contributed by atoms with E-state index in [1.807, 2.05) is 41.8 Å². The molecule has 2 nitrogen and oxygen atoms in total. The van der Waals surface area contributed by atoms with Crippen LogP contribution in [0.15, 0.2) is 46.3 Å². The zero-order chi connectivity index (χ0) is 11.4. The summed E-state index contributed by atoms with van der Waals surface area (Å²) in [7, 11) is 0. The van der Waals surface area contributed by atoms with Gasteiger partial charge in [0.2, 0.25) is 0 Å². The lowest BCUT2D eigenvalue weighted by atomic mass is 10.2. The van der Waals surface area contributed by atoms with E-state index in [0.29, 0.717) is 6.54 Å². The van der Waals surface area contributed by atoms with Gasteiger partial charge in [-0.3, -0.25) is 4.79 Å². The zero-order valence-corrected chi connectivity index (χ0v) is 10.8. The molecule has 0 aliphatic heterocycles. The van der Waals surface area contributed by atoms with Crippen molar-refractivity contribution in [3.63, 3.8) is 0 Å². The Morgan fingerprint density at radius 2 is 2.19 bits per heavy atom. The molecule has 4 heteroatoms. The van der Waals surface area contributed by atoms with Gasteiger partial charge in [0.15, 0.2) is 0 Å². The lowest BCUT2D eigenvalue weighted by Crippen LogP contribution is -2.21. The maximum Gasteiger partial charge on any atom is 0.261 e. The minimum atomic E-state index is -0.0185. The van der Waals surface area contributed by atoms with Crippen LogP contribution in [0.2, 0.25) is 0 Å². The predicted octanol–water partition coefficient (Wildman–Crippen LogP) is 3.44. The highest BCUT2D eigenvalue weighted by Gasteiger charge is 2.05. The zero-order valence-electron chi connectivity index (χ0n) is 8.44. The van der Waals surface area contributed by atoms with Crippen LogP contribution in [0, 0.1) is 0 Å². The first-order valence-electron chi connectivity index (χ1n) is 4.82. The number of benzene rings is 1. The number of halogens is 1. The number of thiophene rings is 1. The van der Waals surface area contributed by atoms with Crippen molar-refractivity contribution in [2.45, 2.75) is 6.54 Å². The van der Waals surface area contributed by atoms with E-state index >= 15 is 0 Å². The molecule has 0 aliphatic rings. The van der Waals surface area contributed by atoms with E-state index in [1.54, 1.807) is 0 Å². The van der Waals surface area contributed by atoms with Crippen molar-refractivity contribution in [1.29, 1.82) is 0 Å². The largest absolute Gasteiger partial charge is 0.347 e. The Morgan fingerprint density at radius 3 is 2.88 bits per heavy atom. The van der Waals surface area contributed by atoms with Gasteiger partial charge < -0.3 is 5.32 Å². The van der Waals surface area contributed by atoms with Gasteiger partial charge in [0.25, 0.3) is 5.91 Å². The van der Waals surface area contributed by atoms with Gasteiger partial charge in [-0.15, -0.1) is 11.3 Å². The third-order valence-electron chi connectivity index (χ3n) is 2.09. The molecule has 0 radical (unpaired) electrons. The number of hydrogen-bond acceptors (Lipinski definition) is 2. The monoisotopic (exact) mass is 295 g/mol. The summed E-state index contributed by atoms with van der Waals surface area (Å²) < 4.78 is 1.02. The number of carbonyl (C=O) groups excluding carboxylic acids is 1. The average Bonchev–Trinajstić information content (AvgIpc) is 2.79. The van der Waals surface area contributed by atoms with Crippen LogP contribution in [0.1, 0.15) is 15.2 Å². The maximum atomic E-state index is 11.7. The molecular weight excluding hydrogens is 286 g/mol. The van der Waals surface area contributed by atoms with Crippen molar-refractivity contribution < 1.29 is 4.79 Å². The van der Waals surface area contributed by atoms with Crippen LogP contribution in [-0.4, -0.2) is 5.91 Å². The summed E-state index contributed by atoms with van der Waals surface area (Å²) in [6.07, 6.45) is 0. The summed E-state index contributed by atoms with van der Waals surface area (Å²) in [5.41, 5.74) is 1.08. The number of rotatable bonds is 3. The minimum Gasteiger partial charge on any atom is -0.347 e. The summed E-state index contributed by atoms with van der Waals surface area (Å²) in [6, 6.07) is 11.6. The first kappa shape index (κ1) is 11.4. The predicted molar refractivity (Wildman–Crippen MR) is 69.6 cm³/mol. The normalized spacial score (nSPS) is 10.1. The molecule has 82 valence electrons. The highest BCUT2D eigenvalue weighted by molar-refractivity contribution is 9.10. The fourth-order valence-electron chi connectivity index (χ4n) is 1.32. The Morgan fingerprint density at radius 1 is 1.31 bits per heavy atom. The molecule has 0 atom stereocenters.